The number of carboxylic acid groups (broad SMARTS) is 1. The van der Waals surface area contributed by atoms with Crippen molar-refractivity contribution in [2.24, 2.45) is 0 Å². The van der Waals surface area contributed by atoms with Gasteiger partial charge in [0.25, 0.3) is 0 Å². The quantitative estimate of drug-likeness (QED) is 0.906. The van der Waals surface area contributed by atoms with Crippen LogP contribution >= 0.6 is 11.6 Å². The Labute approximate surface area is 105 Å². The van der Waals surface area contributed by atoms with Gasteiger partial charge in [-0.25, -0.2) is 0 Å². The van der Waals surface area contributed by atoms with Gasteiger partial charge in [-0.2, -0.15) is 0 Å². The maximum absolute atomic E-state index is 10.6. The van der Waals surface area contributed by atoms with Crippen LogP contribution in [0.2, 0.25) is 5.02 Å². The summed E-state index contributed by atoms with van der Waals surface area (Å²) in [6, 6.07) is 5.72. The Morgan fingerprint density at radius 2 is 2.24 bits per heavy atom. The van der Waals surface area contributed by atoms with Crippen LogP contribution in [0.15, 0.2) is 24.4 Å². The number of hydrogen-bond acceptors (Lipinski definition) is 1. The Bertz CT molecular complexity index is 560. The predicted molar refractivity (Wildman–Crippen MR) is 68.6 cm³/mol. The Kier molecular flexibility index (Phi) is 3.38. The number of carbonyl (C=O) groups is 1. The fourth-order valence-electron chi connectivity index (χ4n) is 2.04. The van der Waals surface area contributed by atoms with Crippen molar-refractivity contribution >= 4 is 28.5 Å². The molecule has 0 saturated carbocycles. The number of aromatic nitrogens is 1. The van der Waals surface area contributed by atoms with E-state index in [9.17, 15) is 4.79 Å². The van der Waals surface area contributed by atoms with Gasteiger partial charge in [0.05, 0.1) is 0 Å². The summed E-state index contributed by atoms with van der Waals surface area (Å²) in [7, 11) is 0. The van der Waals surface area contributed by atoms with Gasteiger partial charge >= 0.3 is 5.97 Å². The summed E-state index contributed by atoms with van der Waals surface area (Å²) in [6.45, 7) is 2.91. The van der Waals surface area contributed by atoms with Crippen LogP contribution in [0.5, 0.6) is 0 Å². The topological polar surface area (TPSA) is 42.2 Å². The SMILES string of the molecule is CCn1cc(CCC(=O)O)c2ccc(Cl)cc21. The lowest BCUT2D eigenvalue weighted by atomic mass is 10.1. The number of hydrogen-bond donors (Lipinski definition) is 1. The zero-order valence-corrected chi connectivity index (χ0v) is 10.4. The average Bonchev–Trinajstić information content (AvgIpc) is 2.63. The van der Waals surface area contributed by atoms with Gasteiger partial charge in [-0.15, -0.1) is 0 Å². The maximum Gasteiger partial charge on any atom is 0.303 e. The molecule has 1 N–H and O–H groups in total. The molecule has 4 heteroatoms. The molecule has 0 amide bonds. The number of aliphatic carboxylic acids is 1. The number of carboxylic acids is 1. The van der Waals surface area contributed by atoms with Crippen molar-refractivity contribution in [3.63, 3.8) is 0 Å². The van der Waals surface area contributed by atoms with E-state index in [4.69, 9.17) is 16.7 Å². The number of aryl methyl sites for hydroxylation is 2. The van der Waals surface area contributed by atoms with Crippen molar-refractivity contribution in [2.45, 2.75) is 26.3 Å². The van der Waals surface area contributed by atoms with Gasteiger partial charge in [0.15, 0.2) is 0 Å². The van der Waals surface area contributed by atoms with Gasteiger partial charge in [-0.05, 0) is 31.0 Å². The van der Waals surface area contributed by atoms with Crippen LogP contribution in [0.1, 0.15) is 18.9 Å². The zero-order valence-electron chi connectivity index (χ0n) is 9.61. The van der Waals surface area contributed by atoms with E-state index < -0.39 is 5.97 Å². The minimum absolute atomic E-state index is 0.158. The average molecular weight is 252 g/mol. The van der Waals surface area contributed by atoms with E-state index >= 15 is 0 Å². The van der Waals surface area contributed by atoms with Crippen LogP contribution in [0.25, 0.3) is 10.9 Å². The third-order valence-corrected chi connectivity index (χ3v) is 3.11. The third kappa shape index (κ3) is 2.44. The van der Waals surface area contributed by atoms with E-state index in [0.29, 0.717) is 11.4 Å². The largest absolute Gasteiger partial charge is 0.481 e. The fourth-order valence-corrected chi connectivity index (χ4v) is 2.21. The summed E-state index contributed by atoms with van der Waals surface area (Å²) >= 11 is 5.98. The van der Waals surface area contributed by atoms with Crippen molar-refractivity contribution in [2.75, 3.05) is 0 Å². The number of nitrogens with zero attached hydrogens (tertiary/aromatic N) is 1. The zero-order chi connectivity index (χ0) is 12.4. The number of halogens is 1. The summed E-state index contributed by atoms with van der Waals surface area (Å²) in [5.74, 6) is -0.767. The molecule has 1 heterocycles. The first-order valence-electron chi connectivity index (χ1n) is 5.61. The first-order chi connectivity index (χ1) is 8.11. The molecule has 0 spiro atoms. The second-order valence-corrected chi connectivity index (χ2v) is 4.43. The van der Waals surface area contributed by atoms with E-state index in [1.807, 2.05) is 24.4 Å². The molecule has 17 heavy (non-hydrogen) atoms. The molecule has 0 aliphatic heterocycles. The fraction of sp³-hybridized carbons (Fsp3) is 0.308. The van der Waals surface area contributed by atoms with Gasteiger partial charge < -0.3 is 9.67 Å². The lowest BCUT2D eigenvalue weighted by Crippen LogP contribution is -1.97. The molecule has 0 bridgehead atoms. The molecular formula is C13H14ClNO2. The highest BCUT2D eigenvalue weighted by Crippen LogP contribution is 2.25. The van der Waals surface area contributed by atoms with Gasteiger partial charge in [0, 0.05) is 35.1 Å². The highest BCUT2D eigenvalue weighted by molar-refractivity contribution is 6.31. The van der Waals surface area contributed by atoms with Crippen LogP contribution in [0.4, 0.5) is 0 Å². The number of benzene rings is 1. The van der Waals surface area contributed by atoms with Gasteiger partial charge in [-0.3, -0.25) is 4.79 Å². The van der Waals surface area contributed by atoms with Crippen LogP contribution in [-0.4, -0.2) is 15.6 Å². The molecule has 0 fully saturated rings. The van der Waals surface area contributed by atoms with Gasteiger partial charge in [0.2, 0.25) is 0 Å². The molecule has 0 radical (unpaired) electrons. The van der Waals surface area contributed by atoms with Crippen molar-refractivity contribution in [1.82, 2.24) is 4.57 Å². The molecule has 1 aromatic carbocycles. The van der Waals surface area contributed by atoms with E-state index in [2.05, 4.69) is 11.5 Å². The van der Waals surface area contributed by atoms with E-state index in [-0.39, 0.29) is 6.42 Å². The minimum atomic E-state index is -0.767. The highest BCUT2D eigenvalue weighted by atomic mass is 35.5. The Morgan fingerprint density at radius 3 is 2.88 bits per heavy atom. The molecular weight excluding hydrogens is 238 g/mol. The Hall–Kier alpha value is -1.48. The Balaban J connectivity index is 2.45. The molecule has 0 aliphatic rings. The first kappa shape index (κ1) is 12.0. The summed E-state index contributed by atoms with van der Waals surface area (Å²) in [4.78, 5) is 10.6. The molecule has 3 nitrogen and oxygen atoms in total. The van der Waals surface area contributed by atoms with Crippen molar-refractivity contribution in [1.29, 1.82) is 0 Å². The minimum Gasteiger partial charge on any atom is -0.481 e. The van der Waals surface area contributed by atoms with E-state index in [1.165, 1.54) is 0 Å². The highest BCUT2D eigenvalue weighted by Gasteiger charge is 2.09. The summed E-state index contributed by atoms with van der Waals surface area (Å²) in [6.07, 6.45) is 2.73. The van der Waals surface area contributed by atoms with Crippen LogP contribution < -0.4 is 0 Å². The first-order valence-corrected chi connectivity index (χ1v) is 5.98. The summed E-state index contributed by atoms with van der Waals surface area (Å²) < 4.78 is 2.10. The van der Waals surface area contributed by atoms with Crippen molar-refractivity contribution in [3.05, 3.63) is 35.0 Å². The lowest BCUT2D eigenvalue weighted by Gasteiger charge is -1.99. The standard InChI is InChI=1S/C13H14ClNO2/c1-2-15-8-9(3-6-13(16)17)11-5-4-10(14)7-12(11)15/h4-5,7-8H,2-3,6H2,1H3,(H,16,17). The summed E-state index contributed by atoms with van der Waals surface area (Å²) in [5.41, 5.74) is 2.14. The summed E-state index contributed by atoms with van der Waals surface area (Å²) in [5, 5.41) is 10.5. The second kappa shape index (κ2) is 4.80. The molecule has 90 valence electrons. The molecule has 2 aromatic rings. The van der Waals surface area contributed by atoms with Crippen LogP contribution in [-0.2, 0) is 17.8 Å². The molecule has 2 rings (SSSR count). The predicted octanol–water partition coefficient (Wildman–Crippen LogP) is 3.33. The monoisotopic (exact) mass is 251 g/mol. The lowest BCUT2D eigenvalue weighted by molar-refractivity contribution is -0.136. The second-order valence-electron chi connectivity index (χ2n) is 4.00. The van der Waals surface area contributed by atoms with Crippen LogP contribution in [0.3, 0.4) is 0 Å². The molecule has 0 aliphatic carbocycles. The molecule has 0 saturated heterocycles. The van der Waals surface area contributed by atoms with Crippen molar-refractivity contribution < 1.29 is 9.90 Å². The van der Waals surface area contributed by atoms with E-state index in [1.54, 1.807) is 0 Å². The number of rotatable bonds is 4. The normalized spacial score (nSPS) is 10.9. The molecule has 0 atom stereocenters. The molecule has 1 aromatic heterocycles. The molecule has 0 unspecified atom stereocenters. The van der Waals surface area contributed by atoms with Gasteiger partial charge in [-0.1, -0.05) is 17.7 Å². The number of fused-ring (bicyclic) bond motifs is 1. The van der Waals surface area contributed by atoms with Gasteiger partial charge in [0.1, 0.15) is 0 Å². The van der Waals surface area contributed by atoms with Crippen LogP contribution in [0, 0.1) is 0 Å². The van der Waals surface area contributed by atoms with E-state index in [0.717, 1.165) is 23.0 Å². The van der Waals surface area contributed by atoms with Crippen molar-refractivity contribution in [3.8, 4) is 0 Å². The Morgan fingerprint density at radius 1 is 1.47 bits per heavy atom. The maximum atomic E-state index is 10.6. The third-order valence-electron chi connectivity index (χ3n) is 2.88. The smallest absolute Gasteiger partial charge is 0.303 e.